The maximum atomic E-state index is 8.96. The van der Waals surface area contributed by atoms with Crippen molar-refractivity contribution < 1.29 is 15.3 Å². The van der Waals surface area contributed by atoms with Gasteiger partial charge in [0.25, 0.3) is 0 Å². The maximum absolute atomic E-state index is 8.96. The van der Waals surface area contributed by atoms with E-state index in [0.717, 1.165) is 12.8 Å². The molecule has 0 saturated carbocycles. The minimum atomic E-state index is -0.564. The van der Waals surface area contributed by atoms with Gasteiger partial charge in [-0.3, -0.25) is 5.26 Å². The molecule has 3 heteroatoms. The average Bonchev–Trinajstić information content (AvgIpc) is 2.55. The van der Waals surface area contributed by atoms with Crippen LogP contribution in [-0.4, -0.2) is 22.6 Å². The highest BCUT2D eigenvalue weighted by Gasteiger charge is 2.24. The quantitative estimate of drug-likeness (QED) is 0.171. The second-order valence-electron chi connectivity index (χ2n) is 7.36. The lowest BCUT2D eigenvalue weighted by molar-refractivity contribution is -0.323. The van der Waals surface area contributed by atoms with Crippen molar-refractivity contribution in [1.82, 2.24) is 0 Å². The van der Waals surface area contributed by atoms with Crippen LogP contribution in [0.4, 0.5) is 0 Å². The summed E-state index contributed by atoms with van der Waals surface area (Å²) in [6.07, 6.45) is 20.2. The molecule has 1 atom stereocenters. The summed E-state index contributed by atoms with van der Waals surface area (Å²) in [6, 6.07) is 0. The molecule has 0 rings (SSSR count). The van der Waals surface area contributed by atoms with Crippen LogP contribution in [0.5, 0.6) is 0 Å². The number of hydrogen-bond donors (Lipinski definition) is 2. The van der Waals surface area contributed by atoms with Gasteiger partial charge in [0, 0.05) is 13.0 Å². The van der Waals surface area contributed by atoms with Crippen LogP contribution in [0, 0.1) is 0 Å². The smallest absolute Gasteiger partial charge is 0.103 e. The first-order valence-electron chi connectivity index (χ1n) is 10.1. The molecule has 0 spiro atoms. The molecule has 0 aromatic heterocycles. The van der Waals surface area contributed by atoms with Crippen LogP contribution >= 0.6 is 0 Å². The van der Waals surface area contributed by atoms with Gasteiger partial charge in [0.15, 0.2) is 0 Å². The van der Waals surface area contributed by atoms with E-state index in [1.165, 1.54) is 83.5 Å². The summed E-state index contributed by atoms with van der Waals surface area (Å²) in [4.78, 5) is 4.53. The Morgan fingerprint density at radius 1 is 0.652 bits per heavy atom. The Bertz CT molecular complexity index is 233. The molecule has 0 fully saturated rings. The van der Waals surface area contributed by atoms with Gasteiger partial charge in [-0.1, -0.05) is 96.8 Å². The molecule has 23 heavy (non-hydrogen) atoms. The van der Waals surface area contributed by atoms with E-state index >= 15 is 0 Å². The lowest BCUT2D eigenvalue weighted by Crippen LogP contribution is -2.28. The first-order chi connectivity index (χ1) is 11.2. The van der Waals surface area contributed by atoms with Crippen molar-refractivity contribution >= 4 is 0 Å². The highest BCUT2D eigenvalue weighted by Crippen LogP contribution is 2.22. The van der Waals surface area contributed by atoms with Gasteiger partial charge in [-0.2, -0.15) is 0 Å². The zero-order valence-electron chi connectivity index (χ0n) is 15.8. The van der Waals surface area contributed by atoms with E-state index in [1.807, 2.05) is 6.92 Å². The summed E-state index contributed by atoms with van der Waals surface area (Å²) in [5.41, 5.74) is -0.564. The van der Waals surface area contributed by atoms with E-state index in [1.54, 1.807) is 0 Å². The van der Waals surface area contributed by atoms with Crippen LogP contribution in [-0.2, 0) is 4.89 Å². The van der Waals surface area contributed by atoms with Crippen LogP contribution in [0.1, 0.15) is 117 Å². The first-order valence-corrected chi connectivity index (χ1v) is 10.1. The molecule has 3 nitrogen and oxygen atoms in total. The fourth-order valence-electron chi connectivity index (χ4n) is 3.15. The fourth-order valence-corrected chi connectivity index (χ4v) is 3.15. The molecule has 0 bridgehead atoms. The second kappa shape index (κ2) is 16.7. The van der Waals surface area contributed by atoms with Gasteiger partial charge in [-0.05, 0) is 13.3 Å². The largest absolute Gasteiger partial charge is 0.396 e. The molecular formula is C20H42O3. The fraction of sp³-hybridized carbons (Fsp3) is 1.00. The van der Waals surface area contributed by atoms with Crippen LogP contribution in [0.25, 0.3) is 0 Å². The van der Waals surface area contributed by atoms with Crippen LogP contribution < -0.4 is 0 Å². The highest BCUT2D eigenvalue weighted by molar-refractivity contribution is 4.73. The molecule has 0 aliphatic rings. The Labute approximate surface area is 144 Å². The maximum Gasteiger partial charge on any atom is 0.103 e. The Hall–Kier alpha value is -0.120. The topological polar surface area (TPSA) is 49.7 Å². The van der Waals surface area contributed by atoms with Crippen molar-refractivity contribution in [3.8, 4) is 0 Å². The second-order valence-corrected chi connectivity index (χ2v) is 7.36. The van der Waals surface area contributed by atoms with Gasteiger partial charge in [-0.15, -0.1) is 0 Å². The van der Waals surface area contributed by atoms with E-state index in [2.05, 4.69) is 11.8 Å². The SMILES string of the molecule is CCCCCCCCCCCCCCCCC(C)(CCO)OO. The first kappa shape index (κ1) is 22.9. The molecule has 0 radical (unpaired) electrons. The van der Waals surface area contributed by atoms with Gasteiger partial charge in [-0.25, -0.2) is 4.89 Å². The van der Waals surface area contributed by atoms with E-state index in [9.17, 15) is 0 Å². The van der Waals surface area contributed by atoms with E-state index < -0.39 is 5.60 Å². The Morgan fingerprint density at radius 2 is 1.04 bits per heavy atom. The molecule has 140 valence electrons. The number of unbranched alkanes of at least 4 members (excludes halogenated alkanes) is 13. The number of rotatable bonds is 18. The number of aliphatic hydroxyl groups excluding tert-OH is 1. The normalized spacial score (nSPS) is 14.1. The molecule has 0 aliphatic carbocycles. The molecule has 0 saturated heterocycles. The summed E-state index contributed by atoms with van der Waals surface area (Å²) in [7, 11) is 0. The molecule has 0 amide bonds. The summed E-state index contributed by atoms with van der Waals surface area (Å²) < 4.78 is 0. The van der Waals surface area contributed by atoms with Gasteiger partial charge in [0.05, 0.1) is 0 Å². The monoisotopic (exact) mass is 330 g/mol. The van der Waals surface area contributed by atoms with Gasteiger partial charge in [0.1, 0.15) is 5.60 Å². The Morgan fingerprint density at radius 3 is 1.39 bits per heavy atom. The molecule has 0 aromatic rings. The molecule has 2 N–H and O–H groups in total. The molecule has 0 aromatic carbocycles. The summed E-state index contributed by atoms with van der Waals surface area (Å²) >= 11 is 0. The molecule has 0 aliphatic heterocycles. The predicted molar refractivity (Wildman–Crippen MR) is 98.8 cm³/mol. The molecular weight excluding hydrogens is 288 g/mol. The van der Waals surface area contributed by atoms with Crippen LogP contribution in [0.15, 0.2) is 0 Å². The molecule has 1 unspecified atom stereocenters. The van der Waals surface area contributed by atoms with E-state index in [4.69, 9.17) is 10.4 Å². The summed E-state index contributed by atoms with van der Waals surface area (Å²) in [5, 5.41) is 17.9. The van der Waals surface area contributed by atoms with Gasteiger partial charge in [0.2, 0.25) is 0 Å². The Balaban J connectivity index is 3.21. The van der Waals surface area contributed by atoms with Crippen molar-refractivity contribution in [3.05, 3.63) is 0 Å². The van der Waals surface area contributed by atoms with Gasteiger partial charge >= 0.3 is 0 Å². The average molecular weight is 331 g/mol. The van der Waals surface area contributed by atoms with Crippen molar-refractivity contribution in [1.29, 1.82) is 0 Å². The minimum absolute atomic E-state index is 0.0651. The number of aliphatic hydroxyl groups is 1. The van der Waals surface area contributed by atoms with Crippen molar-refractivity contribution in [2.24, 2.45) is 0 Å². The van der Waals surface area contributed by atoms with E-state index in [-0.39, 0.29) is 6.61 Å². The Kier molecular flexibility index (Phi) is 16.6. The third-order valence-corrected chi connectivity index (χ3v) is 4.92. The summed E-state index contributed by atoms with van der Waals surface area (Å²) in [6.45, 7) is 4.20. The standard InChI is InChI=1S/C20H42O3/c1-3-4-5-6-7-8-9-10-11-12-13-14-15-16-17-20(2,23-22)18-19-21/h21-22H,3-19H2,1-2H3. The van der Waals surface area contributed by atoms with Crippen molar-refractivity contribution in [3.63, 3.8) is 0 Å². The van der Waals surface area contributed by atoms with Gasteiger partial charge < -0.3 is 5.11 Å². The minimum Gasteiger partial charge on any atom is -0.396 e. The zero-order chi connectivity index (χ0) is 17.2. The lowest BCUT2D eigenvalue weighted by atomic mass is 9.94. The molecule has 0 heterocycles. The van der Waals surface area contributed by atoms with Crippen LogP contribution in [0.2, 0.25) is 0 Å². The van der Waals surface area contributed by atoms with Crippen LogP contribution in [0.3, 0.4) is 0 Å². The third-order valence-electron chi connectivity index (χ3n) is 4.92. The summed E-state index contributed by atoms with van der Waals surface area (Å²) in [5.74, 6) is 0. The highest BCUT2D eigenvalue weighted by atomic mass is 17.1. The zero-order valence-corrected chi connectivity index (χ0v) is 15.8. The predicted octanol–water partition coefficient (Wildman–Crippen LogP) is 6.49. The lowest BCUT2D eigenvalue weighted by Gasteiger charge is -2.24. The van der Waals surface area contributed by atoms with E-state index in [0.29, 0.717) is 6.42 Å². The third kappa shape index (κ3) is 15.2. The van der Waals surface area contributed by atoms with Crippen molar-refractivity contribution in [2.45, 2.75) is 122 Å². The van der Waals surface area contributed by atoms with Crippen molar-refractivity contribution in [2.75, 3.05) is 6.61 Å². The number of hydrogen-bond acceptors (Lipinski definition) is 3.